The van der Waals surface area contributed by atoms with Crippen molar-refractivity contribution in [1.29, 1.82) is 0 Å². The van der Waals surface area contributed by atoms with E-state index in [2.05, 4.69) is 5.32 Å². The third-order valence-corrected chi connectivity index (χ3v) is 6.40. The number of carbonyl (C=O) groups is 1. The molecule has 0 radical (unpaired) electrons. The van der Waals surface area contributed by atoms with Gasteiger partial charge in [0.15, 0.2) is 0 Å². The summed E-state index contributed by atoms with van der Waals surface area (Å²) in [5.74, 6) is -1.14. The molecule has 0 saturated carbocycles. The molecule has 0 saturated heterocycles. The van der Waals surface area contributed by atoms with Crippen LogP contribution in [0.25, 0.3) is 0 Å². The monoisotopic (exact) mass is 457 g/mol. The summed E-state index contributed by atoms with van der Waals surface area (Å²) in [6.45, 7) is 1.11. The first-order valence-corrected chi connectivity index (χ1v) is 10.9. The van der Waals surface area contributed by atoms with Gasteiger partial charge in [0.1, 0.15) is 5.82 Å². The molecule has 0 aliphatic rings. The van der Waals surface area contributed by atoms with Crippen molar-refractivity contribution in [2.45, 2.75) is 18.4 Å². The fourth-order valence-electron chi connectivity index (χ4n) is 2.94. The quantitative estimate of drug-likeness (QED) is 0.408. The van der Waals surface area contributed by atoms with Crippen LogP contribution in [-0.2, 0) is 21.4 Å². The number of hydrogen-bond acceptors (Lipinski definition) is 5. The highest BCUT2D eigenvalue weighted by molar-refractivity contribution is 7.89. The summed E-state index contributed by atoms with van der Waals surface area (Å²) in [6.07, 6.45) is 0. The minimum absolute atomic E-state index is 0.00774. The van der Waals surface area contributed by atoms with Crippen LogP contribution in [0.2, 0.25) is 0 Å². The molecule has 1 N–H and O–H groups in total. The molecule has 0 fully saturated rings. The van der Waals surface area contributed by atoms with E-state index in [1.165, 1.54) is 60.7 Å². The van der Waals surface area contributed by atoms with E-state index in [4.69, 9.17) is 0 Å². The molecule has 3 rings (SSSR count). The second-order valence-corrected chi connectivity index (χ2v) is 9.01. The van der Waals surface area contributed by atoms with Crippen LogP contribution >= 0.6 is 0 Å². The van der Waals surface area contributed by atoms with E-state index in [1.54, 1.807) is 12.1 Å². The molecular weight excluding hydrogens is 437 g/mol. The van der Waals surface area contributed by atoms with E-state index in [0.717, 1.165) is 9.87 Å². The van der Waals surface area contributed by atoms with Crippen LogP contribution in [0.4, 0.5) is 15.8 Å². The van der Waals surface area contributed by atoms with Gasteiger partial charge < -0.3 is 5.32 Å². The van der Waals surface area contributed by atoms with Crippen molar-refractivity contribution in [1.82, 2.24) is 4.31 Å². The molecule has 0 aromatic heterocycles. The SMILES string of the molecule is Cc1ccc(S(=O)(=O)N(CC(=O)Nc2cccc([N+](=O)[O-])c2)Cc2ccc(F)cc2)cc1. The Labute approximate surface area is 184 Å². The Morgan fingerprint density at radius 2 is 1.72 bits per heavy atom. The molecular formula is C22H20FN3O5S. The standard InChI is InChI=1S/C22H20FN3O5S/c1-16-5-11-21(12-6-16)32(30,31)25(14-17-7-9-18(23)10-8-17)15-22(27)24-19-3-2-4-20(13-19)26(28)29/h2-13H,14-15H2,1H3,(H,24,27). The predicted octanol–water partition coefficient (Wildman–Crippen LogP) is 3.87. The van der Waals surface area contributed by atoms with Crippen molar-refractivity contribution in [3.05, 3.63) is 99.9 Å². The van der Waals surface area contributed by atoms with Crippen molar-refractivity contribution in [2.75, 3.05) is 11.9 Å². The molecule has 8 nitrogen and oxygen atoms in total. The van der Waals surface area contributed by atoms with Gasteiger partial charge in [-0.25, -0.2) is 12.8 Å². The number of nitrogens with zero attached hydrogens (tertiary/aromatic N) is 2. The Kier molecular flexibility index (Phi) is 6.96. The number of amides is 1. The number of non-ortho nitro benzene ring substituents is 1. The van der Waals surface area contributed by atoms with Gasteiger partial charge in [0.05, 0.1) is 16.4 Å². The maximum atomic E-state index is 13.3. The van der Waals surface area contributed by atoms with Crippen LogP contribution in [0, 0.1) is 22.9 Å². The Morgan fingerprint density at radius 3 is 2.34 bits per heavy atom. The maximum absolute atomic E-state index is 13.3. The van der Waals surface area contributed by atoms with E-state index < -0.39 is 33.2 Å². The molecule has 10 heteroatoms. The number of aryl methyl sites for hydroxylation is 1. The van der Waals surface area contributed by atoms with Gasteiger partial charge >= 0.3 is 0 Å². The van der Waals surface area contributed by atoms with Crippen molar-refractivity contribution >= 4 is 27.3 Å². The molecule has 0 bridgehead atoms. The van der Waals surface area contributed by atoms with Crippen LogP contribution < -0.4 is 5.32 Å². The molecule has 166 valence electrons. The zero-order valence-corrected chi connectivity index (χ0v) is 17.9. The van der Waals surface area contributed by atoms with E-state index in [9.17, 15) is 27.7 Å². The summed E-state index contributed by atoms with van der Waals surface area (Å²) in [6, 6.07) is 16.8. The minimum atomic E-state index is -4.06. The van der Waals surface area contributed by atoms with E-state index >= 15 is 0 Å². The first-order chi connectivity index (χ1) is 15.1. The first kappa shape index (κ1) is 23.0. The fraction of sp³-hybridized carbons (Fsp3) is 0.136. The van der Waals surface area contributed by atoms with E-state index in [1.807, 2.05) is 6.92 Å². The summed E-state index contributed by atoms with van der Waals surface area (Å²) in [5.41, 5.74) is 1.32. The smallest absolute Gasteiger partial charge is 0.271 e. The predicted molar refractivity (Wildman–Crippen MR) is 117 cm³/mol. The van der Waals surface area contributed by atoms with Crippen LogP contribution in [0.3, 0.4) is 0 Å². The van der Waals surface area contributed by atoms with Gasteiger partial charge in [-0.3, -0.25) is 14.9 Å². The lowest BCUT2D eigenvalue weighted by atomic mass is 10.2. The van der Waals surface area contributed by atoms with Gasteiger partial charge in [0.25, 0.3) is 5.69 Å². The summed E-state index contributed by atoms with van der Waals surface area (Å²) in [4.78, 5) is 23.0. The molecule has 0 unspecified atom stereocenters. The first-order valence-electron chi connectivity index (χ1n) is 9.51. The number of hydrogen-bond donors (Lipinski definition) is 1. The number of halogens is 1. The summed E-state index contributed by atoms with van der Waals surface area (Å²) in [5, 5.41) is 13.4. The minimum Gasteiger partial charge on any atom is -0.325 e. The molecule has 0 heterocycles. The third-order valence-electron chi connectivity index (χ3n) is 4.59. The largest absolute Gasteiger partial charge is 0.325 e. The average molecular weight is 457 g/mol. The number of nitro groups is 1. The lowest BCUT2D eigenvalue weighted by Gasteiger charge is -2.22. The van der Waals surface area contributed by atoms with Crippen molar-refractivity contribution in [2.24, 2.45) is 0 Å². The van der Waals surface area contributed by atoms with Crippen LogP contribution in [0.15, 0.2) is 77.7 Å². The lowest BCUT2D eigenvalue weighted by Crippen LogP contribution is -2.37. The number of anilines is 1. The molecule has 0 aliphatic heterocycles. The summed E-state index contributed by atoms with van der Waals surface area (Å²) >= 11 is 0. The fourth-order valence-corrected chi connectivity index (χ4v) is 4.32. The van der Waals surface area contributed by atoms with Crippen LogP contribution in [0.5, 0.6) is 0 Å². The average Bonchev–Trinajstić information content (AvgIpc) is 2.75. The second kappa shape index (κ2) is 9.67. The molecule has 3 aromatic carbocycles. The number of rotatable bonds is 8. The summed E-state index contributed by atoms with van der Waals surface area (Å²) in [7, 11) is -4.06. The number of nitrogens with one attached hydrogen (secondary N) is 1. The molecule has 32 heavy (non-hydrogen) atoms. The highest BCUT2D eigenvalue weighted by Gasteiger charge is 2.27. The Bertz CT molecular complexity index is 1230. The normalized spacial score (nSPS) is 11.3. The Hall–Kier alpha value is -3.63. The maximum Gasteiger partial charge on any atom is 0.271 e. The van der Waals surface area contributed by atoms with Crippen molar-refractivity contribution in [3.8, 4) is 0 Å². The Balaban J connectivity index is 1.87. The Morgan fingerprint density at radius 1 is 1.06 bits per heavy atom. The molecule has 0 aliphatic carbocycles. The number of nitro benzene ring substituents is 1. The molecule has 1 amide bonds. The highest BCUT2D eigenvalue weighted by atomic mass is 32.2. The molecule has 0 atom stereocenters. The van der Waals surface area contributed by atoms with Gasteiger partial charge in [-0.15, -0.1) is 0 Å². The number of sulfonamides is 1. The topological polar surface area (TPSA) is 110 Å². The van der Waals surface area contributed by atoms with Crippen LogP contribution in [0.1, 0.15) is 11.1 Å². The van der Waals surface area contributed by atoms with Crippen molar-refractivity contribution in [3.63, 3.8) is 0 Å². The summed E-state index contributed by atoms with van der Waals surface area (Å²) < 4.78 is 40.7. The molecule has 3 aromatic rings. The van der Waals surface area contributed by atoms with Crippen molar-refractivity contribution < 1.29 is 22.5 Å². The zero-order chi connectivity index (χ0) is 23.3. The van der Waals surface area contributed by atoms with Crippen LogP contribution in [-0.4, -0.2) is 30.1 Å². The second-order valence-electron chi connectivity index (χ2n) is 7.07. The van der Waals surface area contributed by atoms with E-state index in [-0.39, 0.29) is 22.8 Å². The van der Waals surface area contributed by atoms with E-state index in [0.29, 0.717) is 5.56 Å². The molecule has 0 spiro atoms. The number of benzene rings is 3. The number of carbonyl (C=O) groups excluding carboxylic acids is 1. The third kappa shape index (κ3) is 5.74. The van der Waals surface area contributed by atoms with Gasteiger partial charge in [-0.1, -0.05) is 35.9 Å². The van der Waals surface area contributed by atoms with Gasteiger partial charge in [0, 0.05) is 24.4 Å². The van der Waals surface area contributed by atoms with Gasteiger partial charge in [-0.05, 0) is 42.8 Å². The highest BCUT2D eigenvalue weighted by Crippen LogP contribution is 2.21. The lowest BCUT2D eigenvalue weighted by molar-refractivity contribution is -0.384. The van der Waals surface area contributed by atoms with Gasteiger partial charge in [0.2, 0.25) is 15.9 Å². The van der Waals surface area contributed by atoms with Gasteiger partial charge in [-0.2, -0.15) is 4.31 Å². The zero-order valence-electron chi connectivity index (χ0n) is 17.1.